The Morgan fingerprint density at radius 2 is 1.71 bits per heavy atom. The number of nitrogens with zero attached hydrogens (tertiary/aromatic N) is 4. The number of anilines is 2. The first-order chi connectivity index (χ1) is 18.3. The molecule has 0 radical (unpaired) electrons. The van der Waals surface area contributed by atoms with Gasteiger partial charge in [0.25, 0.3) is 0 Å². The predicted octanol–water partition coefficient (Wildman–Crippen LogP) is 5.75. The maximum Gasteiger partial charge on any atom is 0.174 e. The molecule has 1 N–H and O–H groups in total. The molecule has 1 fully saturated rings. The first-order valence-corrected chi connectivity index (χ1v) is 12.9. The van der Waals surface area contributed by atoms with E-state index < -0.39 is 0 Å². The van der Waals surface area contributed by atoms with Crippen LogP contribution >= 0.6 is 12.2 Å². The van der Waals surface area contributed by atoms with Gasteiger partial charge in [-0.15, -0.1) is 0 Å². The van der Waals surface area contributed by atoms with Crippen molar-refractivity contribution in [2.24, 2.45) is 0 Å². The fraction of sp³-hybridized carbons (Fsp3) is 0.267. The van der Waals surface area contributed by atoms with Crippen molar-refractivity contribution in [2.75, 3.05) is 38.1 Å². The summed E-state index contributed by atoms with van der Waals surface area (Å²) in [7, 11) is 7.42. The van der Waals surface area contributed by atoms with E-state index >= 15 is 0 Å². The van der Waals surface area contributed by atoms with Crippen LogP contribution in [0.1, 0.15) is 34.7 Å². The molecule has 5 rings (SSSR count). The summed E-state index contributed by atoms with van der Waals surface area (Å²) in [5.74, 6) is 1.41. The molecular weight excluding hydrogens is 494 g/mol. The fourth-order valence-electron chi connectivity index (χ4n) is 5.30. The predicted molar refractivity (Wildman–Crippen MR) is 157 cm³/mol. The molecule has 2 atom stereocenters. The third-order valence-electron chi connectivity index (χ3n) is 7.16. The Balaban J connectivity index is 1.67. The first kappa shape index (κ1) is 25.6. The van der Waals surface area contributed by atoms with Crippen molar-refractivity contribution in [1.29, 1.82) is 0 Å². The van der Waals surface area contributed by atoms with Crippen molar-refractivity contribution >= 4 is 28.7 Å². The minimum absolute atomic E-state index is 0.152. The molecular formula is C30H33N5O2S. The molecule has 0 aliphatic carbocycles. The molecule has 7 nitrogen and oxygen atoms in total. The van der Waals surface area contributed by atoms with E-state index in [1.165, 1.54) is 5.56 Å². The normalized spacial score (nSPS) is 16.9. The molecule has 3 heterocycles. The van der Waals surface area contributed by atoms with E-state index in [9.17, 15) is 0 Å². The number of benzene rings is 2. The fourth-order valence-corrected chi connectivity index (χ4v) is 5.64. The molecule has 8 heteroatoms. The Morgan fingerprint density at radius 3 is 2.34 bits per heavy atom. The van der Waals surface area contributed by atoms with Crippen LogP contribution in [0, 0.1) is 13.8 Å². The maximum absolute atomic E-state index is 5.95. The van der Waals surface area contributed by atoms with Crippen molar-refractivity contribution in [1.82, 2.24) is 14.9 Å². The molecule has 38 heavy (non-hydrogen) atoms. The van der Waals surface area contributed by atoms with Gasteiger partial charge in [0, 0.05) is 49.1 Å². The number of ether oxygens (including phenoxy) is 2. The summed E-state index contributed by atoms with van der Waals surface area (Å²) in [5.41, 5.74) is 7.54. The number of pyridine rings is 1. The molecule has 0 spiro atoms. The van der Waals surface area contributed by atoms with E-state index in [1.54, 1.807) is 14.2 Å². The third kappa shape index (κ3) is 4.45. The average Bonchev–Trinajstić information content (AvgIpc) is 3.43. The lowest BCUT2D eigenvalue weighted by molar-refractivity contribution is 0.394. The zero-order valence-corrected chi connectivity index (χ0v) is 23.4. The molecule has 1 aliphatic heterocycles. The van der Waals surface area contributed by atoms with Gasteiger partial charge in [0.2, 0.25) is 0 Å². The van der Waals surface area contributed by atoms with Gasteiger partial charge in [-0.3, -0.25) is 4.98 Å². The molecule has 1 saturated heterocycles. The van der Waals surface area contributed by atoms with Crippen LogP contribution in [0.4, 0.5) is 11.4 Å². The number of hydrogen-bond donors (Lipinski definition) is 1. The highest BCUT2D eigenvalue weighted by molar-refractivity contribution is 7.80. The van der Waals surface area contributed by atoms with E-state index in [-0.39, 0.29) is 12.1 Å². The number of rotatable bonds is 7. The van der Waals surface area contributed by atoms with Crippen molar-refractivity contribution in [2.45, 2.75) is 25.9 Å². The van der Waals surface area contributed by atoms with E-state index in [0.29, 0.717) is 10.9 Å². The number of thiocarbonyl (C=S) groups is 1. The summed E-state index contributed by atoms with van der Waals surface area (Å²) in [6.45, 7) is 4.31. The Morgan fingerprint density at radius 1 is 0.947 bits per heavy atom. The number of aryl methyl sites for hydroxylation is 1. The molecule has 2 aromatic heterocycles. The van der Waals surface area contributed by atoms with Crippen molar-refractivity contribution in [3.8, 4) is 17.2 Å². The van der Waals surface area contributed by atoms with Crippen LogP contribution in [-0.4, -0.2) is 43.0 Å². The van der Waals surface area contributed by atoms with Crippen molar-refractivity contribution in [3.05, 3.63) is 95.6 Å². The standard InChI is InChI=1S/C30H33N5O2S/c1-19-17-24(20(2)34(19)22-12-10-21(11-13-22)33(3)4)29-28(25-9-7-8-16-31-25)32-30(38)35(29)26-15-14-23(36-5)18-27(26)37-6/h7-18,28-29H,1-6H3,(H,32,38)/t28-,29-/m0/s1. The minimum Gasteiger partial charge on any atom is -0.497 e. The van der Waals surface area contributed by atoms with Crippen LogP contribution in [0.3, 0.4) is 0 Å². The number of nitrogens with one attached hydrogen (secondary N) is 1. The lowest BCUT2D eigenvalue weighted by Gasteiger charge is -2.29. The Hall–Kier alpha value is -4.04. The maximum atomic E-state index is 5.95. The molecule has 196 valence electrons. The summed E-state index contributed by atoms with van der Waals surface area (Å²) in [6, 6.07) is 22.4. The highest BCUT2D eigenvalue weighted by Crippen LogP contribution is 2.46. The van der Waals surface area contributed by atoms with E-state index in [1.807, 2.05) is 42.6 Å². The number of methoxy groups -OCH3 is 2. The van der Waals surface area contributed by atoms with Crippen LogP contribution in [-0.2, 0) is 0 Å². The van der Waals surface area contributed by atoms with Crippen LogP contribution < -0.4 is 24.6 Å². The van der Waals surface area contributed by atoms with E-state index in [4.69, 9.17) is 26.7 Å². The number of aromatic nitrogens is 2. The summed E-state index contributed by atoms with van der Waals surface area (Å²) in [6.07, 6.45) is 1.82. The summed E-state index contributed by atoms with van der Waals surface area (Å²) in [5, 5.41) is 4.18. The van der Waals surface area contributed by atoms with Gasteiger partial charge < -0.3 is 29.2 Å². The second kappa shape index (κ2) is 10.4. The largest absolute Gasteiger partial charge is 0.497 e. The van der Waals surface area contributed by atoms with Gasteiger partial charge in [-0.2, -0.15) is 0 Å². The molecule has 0 amide bonds. The lowest BCUT2D eigenvalue weighted by Crippen LogP contribution is -2.30. The second-order valence-corrected chi connectivity index (χ2v) is 9.99. The van der Waals surface area contributed by atoms with Gasteiger partial charge in [-0.05, 0) is 86.2 Å². The Labute approximate surface area is 229 Å². The van der Waals surface area contributed by atoms with Crippen LogP contribution in [0.5, 0.6) is 11.5 Å². The second-order valence-electron chi connectivity index (χ2n) is 9.61. The SMILES string of the molecule is COc1ccc(N2C(=S)N[C@@H](c3ccccn3)[C@@H]2c2cc(C)n(-c3ccc(N(C)C)cc3)c2C)c(OC)c1. The zero-order chi connectivity index (χ0) is 27.0. The molecule has 4 aromatic rings. The van der Waals surface area contributed by atoms with Crippen LogP contribution in [0.2, 0.25) is 0 Å². The van der Waals surface area contributed by atoms with E-state index in [0.717, 1.165) is 39.9 Å². The molecule has 0 unspecified atom stereocenters. The first-order valence-electron chi connectivity index (χ1n) is 12.5. The van der Waals surface area contributed by atoms with Crippen LogP contribution in [0.25, 0.3) is 5.69 Å². The molecule has 0 bridgehead atoms. The minimum atomic E-state index is -0.152. The van der Waals surface area contributed by atoms with Gasteiger partial charge in [-0.1, -0.05) is 6.07 Å². The molecule has 1 aliphatic rings. The van der Waals surface area contributed by atoms with Gasteiger partial charge in [0.1, 0.15) is 11.5 Å². The van der Waals surface area contributed by atoms with Gasteiger partial charge in [-0.25, -0.2) is 0 Å². The van der Waals surface area contributed by atoms with Gasteiger partial charge in [0.05, 0.1) is 37.7 Å². The van der Waals surface area contributed by atoms with E-state index in [2.05, 4.69) is 78.0 Å². The smallest absolute Gasteiger partial charge is 0.174 e. The monoisotopic (exact) mass is 527 g/mol. The number of hydrogen-bond acceptors (Lipinski definition) is 5. The molecule has 2 aromatic carbocycles. The van der Waals surface area contributed by atoms with Gasteiger partial charge >= 0.3 is 0 Å². The summed E-state index contributed by atoms with van der Waals surface area (Å²) < 4.78 is 13.5. The Kier molecular flexibility index (Phi) is 6.99. The molecule has 0 saturated carbocycles. The zero-order valence-electron chi connectivity index (χ0n) is 22.6. The third-order valence-corrected chi connectivity index (χ3v) is 7.47. The van der Waals surface area contributed by atoms with Crippen molar-refractivity contribution < 1.29 is 9.47 Å². The highest BCUT2D eigenvalue weighted by atomic mass is 32.1. The topological polar surface area (TPSA) is 54.8 Å². The van der Waals surface area contributed by atoms with Gasteiger partial charge in [0.15, 0.2) is 5.11 Å². The summed E-state index contributed by atoms with van der Waals surface area (Å²) in [4.78, 5) is 8.95. The highest BCUT2D eigenvalue weighted by Gasteiger charge is 2.43. The lowest BCUT2D eigenvalue weighted by atomic mass is 9.96. The van der Waals surface area contributed by atoms with Crippen LogP contribution in [0.15, 0.2) is 72.9 Å². The average molecular weight is 528 g/mol. The summed E-state index contributed by atoms with van der Waals surface area (Å²) >= 11 is 5.95. The quantitative estimate of drug-likeness (QED) is 0.307. The Bertz CT molecular complexity index is 1450. The van der Waals surface area contributed by atoms with Crippen molar-refractivity contribution in [3.63, 3.8) is 0 Å².